The predicted molar refractivity (Wildman–Crippen MR) is 108 cm³/mol. The van der Waals surface area contributed by atoms with Gasteiger partial charge in [-0.05, 0) is 18.2 Å². The molecule has 1 heterocycles. The fourth-order valence-electron chi connectivity index (χ4n) is 2.92. The third kappa shape index (κ3) is 4.29. The lowest BCUT2D eigenvalue weighted by Crippen LogP contribution is -2.41. The number of fused-ring (bicyclic) bond motifs is 2. The summed E-state index contributed by atoms with van der Waals surface area (Å²) in [6, 6.07) is 14.7. The molecule has 2 aromatic carbocycles. The minimum atomic E-state index is -3.96. The highest BCUT2D eigenvalue weighted by Crippen LogP contribution is 2.22. The molecule has 3 aromatic rings. The van der Waals surface area contributed by atoms with E-state index in [0.717, 1.165) is 28.8 Å². The first-order valence-electron chi connectivity index (χ1n) is 8.32. The molecule has 1 N–H and O–H groups in total. The van der Waals surface area contributed by atoms with Gasteiger partial charge in [-0.25, -0.2) is 21.8 Å². The van der Waals surface area contributed by atoms with Crippen molar-refractivity contribution in [3.63, 3.8) is 0 Å². The standard InChI is InChI=1S/C18H19N3O5S2/c1-27(23,24)21(28(2,25)26)11-10-19-18(22)15-8-5-7-14-12-13-6-3-4-9-16(13)20-17(14)15/h3-9,12H,10-11H2,1-2H3,(H,19,22). The van der Waals surface area contributed by atoms with E-state index in [4.69, 9.17) is 0 Å². The number of nitrogens with one attached hydrogen (secondary N) is 1. The minimum absolute atomic E-state index is 0.164. The lowest BCUT2D eigenvalue weighted by atomic mass is 10.1. The largest absolute Gasteiger partial charge is 0.351 e. The molecule has 1 amide bonds. The summed E-state index contributed by atoms with van der Waals surface area (Å²) in [5.74, 6) is -0.463. The van der Waals surface area contributed by atoms with E-state index >= 15 is 0 Å². The average Bonchev–Trinajstić information content (AvgIpc) is 2.60. The Kier molecular flexibility index (Phi) is 5.37. The number of para-hydroxylation sites is 2. The molecule has 10 heteroatoms. The molecule has 0 unspecified atom stereocenters. The van der Waals surface area contributed by atoms with Gasteiger partial charge in [-0.2, -0.15) is 0 Å². The molecule has 0 radical (unpaired) electrons. The van der Waals surface area contributed by atoms with E-state index in [9.17, 15) is 21.6 Å². The lowest BCUT2D eigenvalue weighted by molar-refractivity contribution is 0.0954. The number of sulfonamides is 2. The van der Waals surface area contributed by atoms with Crippen LogP contribution in [0.3, 0.4) is 0 Å². The molecule has 148 valence electrons. The predicted octanol–water partition coefficient (Wildman–Crippen LogP) is 1.34. The number of pyridine rings is 1. The van der Waals surface area contributed by atoms with Gasteiger partial charge in [-0.15, -0.1) is 0 Å². The van der Waals surface area contributed by atoms with Gasteiger partial charge in [0, 0.05) is 23.9 Å². The van der Waals surface area contributed by atoms with E-state index in [0.29, 0.717) is 14.8 Å². The van der Waals surface area contributed by atoms with Crippen molar-refractivity contribution in [1.82, 2.24) is 14.0 Å². The number of nitrogens with zero attached hydrogens (tertiary/aromatic N) is 2. The van der Waals surface area contributed by atoms with Gasteiger partial charge < -0.3 is 5.32 Å². The number of amides is 1. The van der Waals surface area contributed by atoms with Gasteiger partial charge >= 0.3 is 0 Å². The van der Waals surface area contributed by atoms with Crippen molar-refractivity contribution < 1.29 is 21.6 Å². The van der Waals surface area contributed by atoms with Gasteiger partial charge in [0.05, 0.1) is 29.1 Å². The van der Waals surface area contributed by atoms with Crippen molar-refractivity contribution in [1.29, 1.82) is 0 Å². The zero-order chi connectivity index (χ0) is 20.5. The Balaban J connectivity index is 1.85. The van der Waals surface area contributed by atoms with Crippen molar-refractivity contribution in [2.45, 2.75) is 0 Å². The molecule has 1 aromatic heterocycles. The molecule has 28 heavy (non-hydrogen) atoms. The second-order valence-electron chi connectivity index (χ2n) is 6.34. The van der Waals surface area contributed by atoms with Gasteiger partial charge in [0.2, 0.25) is 20.0 Å². The first kappa shape index (κ1) is 20.2. The maximum absolute atomic E-state index is 12.6. The summed E-state index contributed by atoms with van der Waals surface area (Å²) in [5.41, 5.74) is 1.59. The minimum Gasteiger partial charge on any atom is -0.351 e. The topological polar surface area (TPSA) is 114 Å². The quantitative estimate of drug-likeness (QED) is 0.601. The second-order valence-corrected chi connectivity index (χ2v) is 10.4. The van der Waals surface area contributed by atoms with Crippen LogP contribution in [0.4, 0.5) is 0 Å². The number of hydrogen-bond acceptors (Lipinski definition) is 6. The molecule has 8 nitrogen and oxygen atoms in total. The molecule has 0 saturated heterocycles. The highest BCUT2D eigenvalue weighted by atomic mass is 32.3. The molecular formula is C18H19N3O5S2. The molecule has 0 spiro atoms. The number of aromatic nitrogens is 1. The number of rotatable bonds is 6. The average molecular weight is 422 g/mol. The fourth-order valence-corrected chi connectivity index (χ4v) is 5.73. The lowest BCUT2D eigenvalue weighted by Gasteiger charge is -2.17. The maximum atomic E-state index is 12.6. The molecule has 0 aliphatic carbocycles. The molecule has 0 aliphatic heterocycles. The zero-order valence-electron chi connectivity index (χ0n) is 15.3. The summed E-state index contributed by atoms with van der Waals surface area (Å²) < 4.78 is 46.9. The van der Waals surface area contributed by atoms with Crippen molar-refractivity contribution in [2.75, 3.05) is 25.6 Å². The SMILES string of the molecule is CS(=O)(=O)N(CCNC(=O)c1cccc2cc3ccccc3nc12)S(C)(=O)=O. The Labute approximate surface area is 163 Å². The third-order valence-electron chi connectivity index (χ3n) is 4.11. The van der Waals surface area contributed by atoms with Crippen LogP contribution >= 0.6 is 0 Å². The Bertz CT molecular complexity index is 1240. The molecule has 0 saturated carbocycles. The Hall–Kier alpha value is -2.56. The second kappa shape index (κ2) is 7.46. The molecule has 0 bridgehead atoms. The third-order valence-corrected chi connectivity index (χ3v) is 7.58. The van der Waals surface area contributed by atoms with E-state index in [-0.39, 0.29) is 13.1 Å². The summed E-state index contributed by atoms with van der Waals surface area (Å²) in [6.07, 6.45) is 1.60. The van der Waals surface area contributed by atoms with Crippen molar-refractivity contribution >= 4 is 47.8 Å². The van der Waals surface area contributed by atoms with Crippen molar-refractivity contribution in [3.8, 4) is 0 Å². The smallest absolute Gasteiger partial charge is 0.253 e. The Morgan fingerprint density at radius 2 is 1.61 bits per heavy atom. The zero-order valence-corrected chi connectivity index (χ0v) is 16.9. The van der Waals surface area contributed by atoms with Crippen molar-refractivity contribution in [2.24, 2.45) is 0 Å². The number of carbonyl (C=O) groups excluding carboxylic acids is 1. The highest BCUT2D eigenvalue weighted by molar-refractivity contribution is 8.03. The maximum Gasteiger partial charge on any atom is 0.253 e. The van der Waals surface area contributed by atoms with Crippen LogP contribution in [0, 0.1) is 0 Å². The summed E-state index contributed by atoms with van der Waals surface area (Å²) in [7, 11) is -7.92. The van der Waals surface area contributed by atoms with Crippen LogP contribution in [0.2, 0.25) is 0 Å². The normalized spacial score (nSPS) is 12.5. The van der Waals surface area contributed by atoms with Crippen LogP contribution < -0.4 is 5.32 Å². The van der Waals surface area contributed by atoms with Crippen LogP contribution in [0.1, 0.15) is 10.4 Å². The van der Waals surface area contributed by atoms with Crippen LogP contribution in [0.25, 0.3) is 21.8 Å². The number of hydrogen-bond donors (Lipinski definition) is 1. The van der Waals surface area contributed by atoms with E-state index < -0.39 is 26.0 Å². The summed E-state index contributed by atoms with van der Waals surface area (Å²) in [5, 5.41) is 4.30. The van der Waals surface area contributed by atoms with Crippen LogP contribution in [0.15, 0.2) is 48.5 Å². The van der Waals surface area contributed by atoms with Crippen LogP contribution in [-0.4, -0.2) is 57.0 Å². The Morgan fingerprint density at radius 3 is 2.29 bits per heavy atom. The van der Waals surface area contributed by atoms with E-state index in [1.165, 1.54) is 0 Å². The van der Waals surface area contributed by atoms with E-state index in [2.05, 4.69) is 10.3 Å². The van der Waals surface area contributed by atoms with E-state index in [1.54, 1.807) is 12.1 Å². The van der Waals surface area contributed by atoms with Gasteiger partial charge in [-0.3, -0.25) is 4.79 Å². The van der Waals surface area contributed by atoms with Gasteiger partial charge in [-0.1, -0.05) is 34.0 Å². The molecule has 3 rings (SSSR count). The van der Waals surface area contributed by atoms with Crippen LogP contribution in [0.5, 0.6) is 0 Å². The molecule has 0 atom stereocenters. The monoisotopic (exact) mass is 421 g/mol. The number of benzene rings is 2. The van der Waals surface area contributed by atoms with Crippen molar-refractivity contribution in [3.05, 3.63) is 54.1 Å². The highest BCUT2D eigenvalue weighted by Gasteiger charge is 2.26. The Morgan fingerprint density at radius 1 is 0.964 bits per heavy atom. The fraction of sp³-hybridized carbons (Fsp3) is 0.222. The summed E-state index contributed by atoms with van der Waals surface area (Å²) in [4.78, 5) is 17.2. The molecule has 0 aliphatic rings. The summed E-state index contributed by atoms with van der Waals surface area (Å²) >= 11 is 0. The summed E-state index contributed by atoms with van der Waals surface area (Å²) in [6.45, 7) is -0.548. The number of carbonyl (C=O) groups is 1. The first-order valence-corrected chi connectivity index (χ1v) is 12.0. The van der Waals surface area contributed by atoms with Gasteiger partial charge in [0.1, 0.15) is 0 Å². The first-order chi connectivity index (χ1) is 13.1. The van der Waals surface area contributed by atoms with E-state index in [1.807, 2.05) is 36.4 Å². The molecular weight excluding hydrogens is 402 g/mol. The van der Waals surface area contributed by atoms with Gasteiger partial charge in [0.15, 0.2) is 0 Å². The molecule has 0 fully saturated rings. The van der Waals surface area contributed by atoms with Crippen LogP contribution in [-0.2, 0) is 20.0 Å². The van der Waals surface area contributed by atoms with Gasteiger partial charge in [0.25, 0.3) is 5.91 Å².